The highest BCUT2D eigenvalue weighted by atomic mass is 16.5. The second kappa shape index (κ2) is 5.38. The number of carbonyl (C=O) groups excluding carboxylic acids is 1. The first-order valence-corrected chi connectivity index (χ1v) is 5.62. The van der Waals surface area contributed by atoms with Gasteiger partial charge in [-0.05, 0) is 24.3 Å². The molecule has 1 aromatic carbocycles. The Morgan fingerprint density at radius 2 is 2.05 bits per heavy atom. The summed E-state index contributed by atoms with van der Waals surface area (Å²) < 4.78 is 7.42. The fourth-order valence-electron chi connectivity index (χ4n) is 1.54. The van der Waals surface area contributed by atoms with Crippen LogP contribution < -0.4 is 15.7 Å². The first-order valence-electron chi connectivity index (χ1n) is 5.62. The Morgan fingerprint density at radius 3 is 2.58 bits per heavy atom. The van der Waals surface area contributed by atoms with E-state index in [9.17, 15) is 9.59 Å². The maximum atomic E-state index is 11.7. The van der Waals surface area contributed by atoms with E-state index >= 15 is 0 Å². The molecular weight excluding hydrogens is 248 g/mol. The summed E-state index contributed by atoms with van der Waals surface area (Å²) in [5.74, 6) is 0.393. The minimum Gasteiger partial charge on any atom is -0.497 e. The van der Waals surface area contributed by atoms with Crippen LogP contribution in [0.1, 0.15) is 0 Å². The van der Waals surface area contributed by atoms with E-state index in [-0.39, 0.29) is 18.1 Å². The number of benzene rings is 1. The molecule has 2 aromatic rings. The summed E-state index contributed by atoms with van der Waals surface area (Å²) in [4.78, 5) is 23.3. The van der Waals surface area contributed by atoms with Crippen molar-refractivity contribution in [3.63, 3.8) is 0 Å². The van der Waals surface area contributed by atoms with E-state index in [0.717, 1.165) is 4.68 Å². The number of amides is 1. The van der Waals surface area contributed by atoms with Crippen LogP contribution in [0.2, 0.25) is 0 Å². The summed E-state index contributed by atoms with van der Waals surface area (Å²) in [6.07, 6.45) is 1.36. The van der Waals surface area contributed by atoms with Crippen molar-refractivity contribution in [2.75, 3.05) is 12.4 Å². The summed E-state index contributed by atoms with van der Waals surface area (Å²) in [5, 5.41) is 6.49. The van der Waals surface area contributed by atoms with E-state index in [0.29, 0.717) is 11.4 Å². The Morgan fingerprint density at radius 1 is 1.37 bits per heavy atom. The molecule has 0 atom stereocenters. The number of methoxy groups -OCH3 is 1. The average Bonchev–Trinajstić information content (AvgIpc) is 2.71. The van der Waals surface area contributed by atoms with Gasteiger partial charge in [0.25, 0.3) is 0 Å². The van der Waals surface area contributed by atoms with Crippen LogP contribution in [-0.4, -0.2) is 27.4 Å². The van der Waals surface area contributed by atoms with E-state index in [1.807, 2.05) is 0 Å². The fourth-order valence-corrected chi connectivity index (χ4v) is 1.54. The van der Waals surface area contributed by atoms with Crippen molar-refractivity contribution in [1.29, 1.82) is 0 Å². The van der Waals surface area contributed by atoms with Gasteiger partial charge in [-0.3, -0.25) is 9.36 Å². The second-order valence-electron chi connectivity index (χ2n) is 3.96. The zero-order chi connectivity index (χ0) is 13.8. The maximum Gasteiger partial charge on any atom is 0.345 e. The van der Waals surface area contributed by atoms with Gasteiger partial charge in [-0.2, -0.15) is 5.10 Å². The third kappa shape index (κ3) is 3.01. The van der Waals surface area contributed by atoms with E-state index in [2.05, 4.69) is 10.4 Å². The Kier molecular flexibility index (Phi) is 3.65. The van der Waals surface area contributed by atoms with Crippen LogP contribution in [0.5, 0.6) is 5.75 Å². The summed E-state index contributed by atoms with van der Waals surface area (Å²) in [7, 11) is 3.15. The summed E-state index contributed by atoms with van der Waals surface area (Å²) in [6.45, 7) is -0.119. The number of nitrogens with zero attached hydrogens (tertiary/aromatic N) is 3. The Balaban J connectivity index is 2.01. The van der Waals surface area contributed by atoms with Crippen LogP contribution in [0.3, 0.4) is 0 Å². The third-order valence-electron chi connectivity index (χ3n) is 2.55. The molecule has 100 valence electrons. The molecule has 0 spiro atoms. The lowest BCUT2D eigenvalue weighted by molar-refractivity contribution is -0.117. The van der Waals surface area contributed by atoms with Crippen molar-refractivity contribution in [3.05, 3.63) is 41.1 Å². The number of hydrogen-bond acceptors (Lipinski definition) is 4. The average molecular weight is 262 g/mol. The molecule has 1 N–H and O–H groups in total. The van der Waals surface area contributed by atoms with Gasteiger partial charge in [-0.1, -0.05) is 0 Å². The fraction of sp³-hybridized carbons (Fsp3) is 0.250. The van der Waals surface area contributed by atoms with Crippen molar-refractivity contribution in [1.82, 2.24) is 14.3 Å². The van der Waals surface area contributed by atoms with Gasteiger partial charge in [0.1, 0.15) is 18.6 Å². The number of anilines is 1. The molecule has 2 rings (SSSR count). The molecular formula is C12H14N4O3. The number of aromatic nitrogens is 3. The number of rotatable bonds is 4. The van der Waals surface area contributed by atoms with Crippen molar-refractivity contribution in [2.45, 2.75) is 6.54 Å². The molecule has 7 heteroatoms. The van der Waals surface area contributed by atoms with E-state index in [4.69, 9.17) is 4.74 Å². The summed E-state index contributed by atoms with van der Waals surface area (Å²) in [5.41, 5.74) is 0.305. The van der Waals surface area contributed by atoms with Gasteiger partial charge in [-0.25, -0.2) is 9.48 Å². The number of aryl methyl sites for hydroxylation is 1. The van der Waals surface area contributed by atoms with Gasteiger partial charge < -0.3 is 10.1 Å². The van der Waals surface area contributed by atoms with Crippen LogP contribution >= 0.6 is 0 Å². The minimum atomic E-state index is -0.329. The molecule has 0 aliphatic heterocycles. The largest absolute Gasteiger partial charge is 0.497 e. The lowest BCUT2D eigenvalue weighted by Crippen LogP contribution is -2.29. The number of carbonyl (C=O) groups is 1. The van der Waals surface area contributed by atoms with Gasteiger partial charge in [0.2, 0.25) is 5.91 Å². The predicted molar refractivity (Wildman–Crippen MR) is 69.1 cm³/mol. The SMILES string of the molecule is COc1ccc(NC(=O)Cn2ncn(C)c2=O)cc1. The van der Waals surface area contributed by atoms with Crippen LogP contribution in [0.4, 0.5) is 5.69 Å². The van der Waals surface area contributed by atoms with Crippen LogP contribution in [-0.2, 0) is 18.4 Å². The molecule has 0 fully saturated rings. The zero-order valence-corrected chi connectivity index (χ0v) is 10.7. The molecule has 0 unspecified atom stereocenters. The van der Waals surface area contributed by atoms with Crippen LogP contribution in [0, 0.1) is 0 Å². The highest BCUT2D eigenvalue weighted by Gasteiger charge is 2.08. The van der Waals surface area contributed by atoms with E-state index in [1.54, 1.807) is 38.4 Å². The first kappa shape index (κ1) is 12.9. The molecule has 1 aromatic heterocycles. The Bertz CT molecular complexity index is 627. The zero-order valence-electron chi connectivity index (χ0n) is 10.7. The molecule has 19 heavy (non-hydrogen) atoms. The van der Waals surface area contributed by atoms with E-state index in [1.165, 1.54) is 10.9 Å². The summed E-state index contributed by atoms with van der Waals surface area (Å²) in [6, 6.07) is 6.92. The van der Waals surface area contributed by atoms with Crippen LogP contribution in [0.15, 0.2) is 35.4 Å². The molecule has 0 saturated carbocycles. The lowest BCUT2D eigenvalue weighted by atomic mass is 10.3. The molecule has 0 saturated heterocycles. The molecule has 0 radical (unpaired) electrons. The lowest BCUT2D eigenvalue weighted by Gasteiger charge is -2.05. The molecule has 0 aliphatic carbocycles. The minimum absolute atomic E-state index is 0.119. The van der Waals surface area contributed by atoms with Gasteiger partial charge >= 0.3 is 5.69 Å². The van der Waals surface area contributed by atoms with Gasteiger partial charge in [0.15, 0.2) is 0 Å². The van der Waals surface area contributed by atoms with Gasteiger partial charge in [-0.15, -0.1) is 0 Å². The molecule has 0 bridgehead atoms. The van der Waals surface area contributed by atoms with Crippen molar-refractivity contribution in [3.8, 4) is 5.75 Å². The quantitative estimate of drug-likeness (QED) is 0.855. The highest BCUT2D eigenvalue weighted by molar-refractivity contribution is 5.90. The molecule has 0 aliphatic rings. The second-order valence-corrected chi connectivity index (χ2v) is 3.96. The Hall–Kier alpha value is -2.57. The topological polar surface area (TPSA) is 78.2 Å². The van der Waals surface area contributed by atoms with E-state index < -0.39 is 0 Å². The molecule has 1 heterocycles. The number of ether oxygens (including phenoxy) is 1. The number of nitrogens with one attached hydrogen (secondary N) is 1. The molecule has 7 nitrogen and oxygen atoms in total. The standard InChI is InChI=1S/C12H14N4O3/c1-15-8-13-16(12(15)18)7-11(17)14-9-3-5-10(19-2)6-4-9/h3-6,8H,7H2,1-2H3,(H,14,17). The van der Waals surface area contributed by atoms with Gasteiger partial charge in [0.05, 0.1) is 7.11 Å². The van der Waals surface area contributed by atoms with Crippen molar-refractivity contribution in [2.24, 2.45) is 7.05 Å². The third-order valence-corrected chi connectivity index (χ3v) is 2.55. The van der Waals surface area contributed by atoms with Crippen LogP contribution in [0.25, 0.3) is 0 Å². The monoisotopic (exact) mass is 262 g/mol. The smallest absolute Gasteiger partial charge is 0.345 e. The predicted octanol–water partition coefficient (Wildman–Crippen LogP) is 0.229. The normalized spacial score (nSPS) is 10.2. The Labute approximate surface area is 109 Å². The highest BCUT2D eigenvalue weighted by Crippen LogP contribution is 2.14. The maximum absolute atomic E-state index is 11.7. The number of hydrogen-bond donors (Lipinski definition) is 1. The molecule has 1 amide bonds. The first-order chi connectivity index (χ1) is 9.10. The van der Waals surface area contributed by atoms with Gasteiger partial charge in [0, 0.05) is 12.7 Å². The van der Waals surface area contributed by atoms with Crippen molar-refractivity contribution >= 4 is 11.6 Å². The van der Waals surface area contributed by atoms with Crippen molar-refractivity contribution < 1.29 is 9.53 Å². The summed E-state index contributed by atoms with van der Waals surface area (Å²) >= 11 is 0.